The molecule has 1 amide bonds. The van der Waals surface area contributed by atoms with Crippen molar-refractivity contribution < 1.29 is 36.3 Å². The summed E-state index contributed by atoms with van der Waals surface area (Å²) in [5.74, 6) is -4.00. The Morgan fingerprint density at radius 2 is 1.91 bits per heavy atom. The molecule has 13 heteroatoms. The quantitative estimate of drug-likeness (QED) is 0.0977. The zero-order valence-corrected chi connectivity index (χ0v) is 23.9. The number of carbonyl (C=O) groups excluding carboxylic acids is 2. The first-order chi connectivity index (χ1) is 20.9. The van der Waals surface area contributed by atoms with Crippen LogP contribution in [0.2, 0.25) is 0 Å². The molecule has 4 heterocycles. The number of imidazole rings is 1. The molecule has 1 atom stereocenters. The van der Waals surface area contributed by atoms with E-state index in [2.05, 4.69) is 10.3 Å². The van der Waals surface area contributed by atoms with E-state index in [0.717, 1.165) is 24.3 Å². The van der Waals surface area contributed by atoms with Gasteiger partial charge in [-0.1, -0.05) is 12.1 Å². The molecule has 7 nitrogen and oxygen atoms in total. The van der Waals surface area contributed by atoms with E-state index < -0.39 is 46.9 Å². The van der Waals surface area contributed by atoms with Gasteiger partial charge < -0.3 is 19.0 Å². The Morgan fingerprint density at radius 1 is 1.18 bits per heavy atom. The van der Waals surface area contributed by atoms with Crippen LogP contribution >= 0.6 is 11.6 Å². The number of nitrogens with one attached hydrogen (secondary N) is 1. The van der Waals surface area contributed by atoms with E-state index in [4.69, 9.17) is 16.3 Å². The standard InChI is InChI=1S/C31H22ClF5N4O3/c1-15-9-16-12-23(29(43)17-10-20(33)26(21(34)11-17)39-24(42)6-3-7-32)41-8-4-5-18(28(16)41)25-19(31(35,36)37)13-22-27(30(25)44-15)38-14-40(22)2/h3-6,8,10-15H,7,9H2,1-2H3,(H,39,42)/b6-3+. The van der Waals surface area contributed by atoms with E-state index in [0.29, 0.717) is 11.1 Å². The minimum absolute atomic E-state index is 0.0162. The summed E-state index contributed by atoms with van der Waals surface area (Å²) in [7, 11) is 1.59. The van der Waals surface area contributed by atoms with Crippen LogP contribution in [0.25, 0.3) is 27.7 Å². The van der Waals surface area contributed by atoms with Crippen LogP contribution in [-0.2, 0) is 24.4 Å². The van der Waals surface area contributed by atoms with Crippen molar-refractivity contribution in [1.82, 2.24) is 14.0 Å². The third-order valence-corrected chi connectivity index (χ3v) is 7.57. The lowest BCUT2D eigenvalue weighted by Crippen LogP contribution is -2.19. The lowest BCUT2D eigenvalue weighted by Gasteiger charge is -2.25. The molecule has 1 aliphatic heterocycles. The van der Waals surface area contributed by atoms with Crippen LogP contribution in [0.15, 0.2) is 61.1 Å². The molecule has 1 N–H and O–H groups in total. The van der Waals surface area contributed by atoms with Gasteiger partial charge in [-0.3, -0.25) is 9.59 Å². The highest BCUT2D eigenvalue weighted by atomic mass is 35.5. The molecule has 0 saturated heterocycles. The molecule has 0 radical (unpaired) electrons. The molecule has 3 aromatic heterocycles. The summed E-state index contributed by atoms with van der Waals surface area (Å²) in [6.07, 6.45) is 0.0141. The Hall–Kier alpha value is -4.71. The molecule has 5 aromatic rings. The lowest BCUT2D eigenvalue weighted by molar-refractivity contribution is -0.137. The van der Waals surface area contributed by atoms with E-state index in [1.165, 1.54) is 45.8 Å². The monoisotopic (exact) mass is 628 g/mol. The number of benzene rings is 2. The molecule has 44 heavy (non-hydrogen) atoms. The van der Waals surface area contributed by atoms with E-state index >= 15 is 0 Å². The van der Waals surface area contributed by atoms with Gasteiger partial charge in [-0.2, -0.15) is 13.2 Å². The highest BCUT2D eigenvalue weighted by Crippen LogP contribution is 2.49. The van der Waals surface area contributed by atoms with Crippen molar-refractivity contribution in [3.8, 4) is 16.9 Å². The molecule has 1 unspecified atom stereocenters. The van der Waals surface area contributed by atoms with Gasteiger partial charge in [0.2, 0.25) is 11.7 Å². The number of ether oxygens (including phenoxy) is 1. The SMILES string of the molecule is CC1Cc2cc(C(=O)c3cc(F)c(NC(=O)/C=C/CCl)c(F)c3)n3cccc(c23)-c2c(C(F)(F)F)cc3c(ncn3C)c2O1. The van der Waals surface area contributed by atoms with Crippen LogP contribution in [0.1, 0.15) is 34.1 Å². The largest absolute Gasteiger partial charge is 0.487 e. The van der Waals surface area contributed by atoms with Gasteiger partial charge in [-0.05, 0) is 42.8 Å². The van der Waals surface area contributed by atoms with Crippen LogP contribution in [0.5, 0.6) is 5.75 Å². The zero-order chi connectivity index (χ0) is 31.5. The highest BCUT2D eigenvalue weighted by Gasteiger charge is 2.39. The van der Waals surface area contributed by atoms with E-state index in [9.17, 15) is 31.5 Å². The molecular formula is C31H22ClF5N4O3. The minimum atomic E-state index is -4.77. The number of amides is 1. The number of rotatable bonds is 5. The third-order valence-electron chi connectivity index (χ3n) is 7.39. The second kappa shape index (κ2) is 10.8. The van der Waals surface area contributed by atoms with Gasteiger partial charge in [0.15, 0.2) is 5.75 Å². The summed E-state index contributed by atoms with van der Waals surface area (Å²) in [5.41, 5.74) is -0.819. The van der Waals surface area contributed by atoms with Crippen LogP contribution in [0.4, 0.5) is 27.6 Å². The third kappa shape index (κ3) is 4.88. The van der Waals surface area contributed by atoms with E-state index in [1.807, 2.05) is 0 Å². The summed E-state index contributed by atoms with van der Waals surface area (Å²) in [5, 5.41) is 2.07. The van der Waals surface area contributed by atoms with Gasteiger partial charge >= 0.3 is 6.18 Å². The molecule has 0 bridgehead atoms. The number of alkyl halides is 4. The summed E-state index contributed by atoms with van der Waals surface area (Å²) in [4.78, 5) is 29.9. The van der Waals surface area contributed by atoms with Gasteiger partial charge in [0, 0.05) is 48.3 Å². The second-order valence-electron chi connectivity index (χ2n) is 10.4. The maximum Gasteiger partial charge on any atom is 0.417 e. The average Bonchev–Trinajstić information content (AvgIpc) is 3.52. The van der Waals surface area contributed by atoms with E-state index in [-0.39, 0.29) is 51.5 Å². The number of hydrogen-bond donors (Lipinski definition) is 1. The Bertz CT molecular complexity index is 2010. The lowest BCUT2D eigenvalue weighted by atomic mass is 9.93. The molecule has 2 aromatic carbocycles. The first-order valence-electron chi connectivity index (χ1n) is 13.3. The van der Waals surface area contributed by atoms with Crippen molar-refractivity contribution in [1.29, 1.82) is 0 Å². The number of halogens is 6. The summed E-state index contributed by atoms with van der Waals surface area (Å²) in [6, 6.07) is 7.06. The Balaban J connectivity index is 1.54. The first kappa shape index (κ1) is 29.4. The number of nitrogens with zero attached hydrogens (tertiary/aromatic N) is 3. The molecular weight excluding hydrogens is 607 g/mol. The number of anilines is 1. The number of ketones is 1. The number of aryl methyl sites for hydroxylation is 1. The first-order valence-corrected chi connectivity index (χ1v) is 13.8. The fourth-order valence-electron chi connectivity index (χ4n) is 5.55. The number of fused-ring (bicyclic) bond motifs is 4. The van der Waals surface area contributed by atoms with Gasteiger partial charge in [-0.25, -0.2) is 13.8 Å². The van der Waals surface area contributed by atoms with Gasteiger partial charge in [-0.15, -0.1) is 11.6 Å². The molecule has 1 aliphatic rings. The van der Waals surface area contributed by atoms with Crippen molar-refractivity contribution in [3.63, 3.8) is 0 Å². The highest BCUT2D eigenvalue weighted by molar-refractivity contribution is 6.19. The Labute approximate surface area is 251 Å². The van der Waals surface area contributed by atoms with Crippen molar-refractivity contribution in [3.05, 3.63) is 95.1 Å². The topological polar surface area (TPSA) is 77.6 Å². The molecule has 226 valence electrons. The van der Waals surface area contributed by atoms with Gasteiger partial charge in [0.05, 0.1) is 28.6 Å². The van der Waals surface area contributed by atoms with Crippen LogP contribution in [0.3, 0.4) is 0 Å². The second-order valence-corrected chi connectivity index (χ2v) is 10.7. The number of allylic oxidation sites excluding steroid dienone is 1. The molecule has 0 spiro atoms. The van der Waals surface area contributed by atoms with Crippen molar-refractivity contribution in [2.24, 2.45) is 7.05 Å². The molecule has 0 aliphatic carbocycles. The Kier molecular flexibility index (Phi) is 7.19. The zero-order valence-electron chi connectivity index (χ0n) is 23.1. The average molecular weight is 629 g/mol. The minimum Gasteiger partial charge on any atom is -0.487 e. The predicted octanol–water partition coefficient (Wildman–Crippen LogP) is 7.08. The van der Waals surface area contributed by atoms with E-state index in [1.54, 1.807) is 14.0 Å². The van der Waals surface area contributed by atoms with Crippen molar-refractivity contribution in [2.75, 3.05) is 11.2 Å². The van der Waals surface area contributed by atoms with Crippen LogP contribution in [0, 0.1) is 11.6 Å². The Morgan fingerprint density at radius 3 is 2.59 bits per heavy atom. The molecule has 0 fully saturated rings. The van der Waals surface area contributed by atoms with Gasteiger partial charge in [0.1, 0.15) is 28.9 Å². The van der Waals surface area contributed by atoms with Crippen LogP contribution < -0.4 is 10.1 Å². The molecule has 6 rings (SSSR count). The maximum absolute atomic E-state index is 14.9. The number of aromatic nitrogens is 3. The normalized spacial score (nSPS) is 14.9. The predicted molar refractivity (Wildman–Crippen MR) is 154 cm³/mol. The number of pyridine rings is 1. The fraction of sp³-hybridized carbons (Fsp3) is 0.194. The van der Waals surface area contributed by atoms with Crippen LogP contribution in [-0.4, -0.2) is 37.6 Å². The van der Waals surface area contributed by atoms with Crippen molar-refractivity contribution >= 4 is 45.5 Å². The fourth-order valence-corrected chi connectivity index (χ4v) is 5.64. The van der Waals surface area contributed by atoms with Crippen molar-refractivity contribution in [2.45, 2.75) is 25.6 Å². The summed E-state index contributed by atoms with van der Waals surface area (Å²) in [6.45, 7) is 1.69. The molecule has 0 saturated carbocycles. The summed E-state index contributed by atoms with van der Waals surface area (Å²) >= 11 is 5.48. The maximum atomic E-state index is 14.9. The van der Waals surface area contributed by atoms with Gasteiger partial charge in [0.25, 0.3) is 0 Å². The summed E-state index contributed by atoms with van der Waals surface area (Å²) < 4.78 is 82.7. The number of hydrogen-bond acceptors (Lipinski definition) is 4. The smallest absolute Gasteiger partial charge is 0.417 e. The number of carbonyl (C=O) groups is 2.